The molecule has 1 amide bonds. The summed E-state index contributed by atoms with van der Waals surface area (Å²) in [6.07, 6.45) is 1.55. The molecule has 0 radical (unpaired) electrons. The third-order valence-electron chi connectivity index (χ3n) is 4.96. The van der Waals surface area contributed by atoms with E-state index in [1.54, 1.807) is 12.3 Å². The number of anilines is 1. The molecule has 0 spiro atoms. The fourth-order valence-electron chi connectivity index (χ4n) is 3.59. The van der Waals surface area contributed by atoms with Crippen molar-refractivity contribution in [2.75, 3.05) is 5.32 Å². The number of rotatable bonds is 5. The first-order chi connectivity index (χ1) is 14.5. The molecule has 4 rings (SSSR count). The number of pyridine rings is 1. The highest BCUT2D eigenvalue weighted by Gasteiger charge is 2.26. The van der Waals surface area contributed by atoms with Gasteiger partial charge < -0.3 is 15.4 Å². The number of nitrogens with zero attached hydrogens (tertiary/aromatic N) is 1. The van der Waals surface area contributed by atoms with Crippen molar-refractivity contribution in [3.63, 3.8) is 0 Å². The van der Waals surface area contributed by atoms with Crippen molar-refractivity contribution in [3.05, 3.63) is 90.3 Å². The smallest absolute Gasteiger partial charge is 0.258 e. The second kappa shape index (κ2) is 8.25. The van der Waals surface area contributed by atoms with Crippen LogP contribution in [0.1, 0.15) is 35.8 Å². The fraction of sp³-hybridized carbons (Fsp3) is 0.120. The van der Waals surface area contributed by atoms with Gasteiger partial charge in [-0.2, -0.15) is 0 Å². The highest BCUT2D eigenvalue weighted by atomic mass is 16.3. The summed E-state index contributed by atoms with van der Waals surface area (Å²) in [7, 11) is 0. The van der Waals surface area contributed by atoms with Gasteiger partial charge in [0.05, 0.1) is 11.3 Å². The number of aromatic nitrogens is 2. The molecular weight excluding hydrogens is 374 g/mol. The van der Waals surface area contributed by atoms with Crippen LogP contribution >= 0.6 is 0 Å². The number of benzene rings is 2. The summed E-state index contributed by atoms with van der Waals surface area (Å²) < 4.78 is 0. The molecule has 0 unspecified atom stereocenters. The Bertz CT molecular complexity index is 1170. The lowest BCUT2D eigenvalue weighted by Gasteiger charge is -2.11. The minimum atomic E-state index is -0.176. The van der Waals surface area contributed by atoms with Crippen LogP contribution < -0.4 is 5.32 Å². The zero-order valence-electron chi connectivity index (χ0n) is 16.9. The maximum absolute atomic E-state index is 13.5. The van der Waals surface area contributed by atoms with Gasteiger partial charge in [0.15, 0.2) is 0 Å². The van der Waals surface area contributed by atoms with Gasteiger partial charge in [0.1, 0.15) is 0 Å². The molecule has 2 heterocycles. The van der Waals surface area contributed by atoms with Crippen LogP contribution in [0.2, 0.25) is 0 Å². The van der Waals surface area contributed by atoms with Crippen LogP contribution in [0.3, 0.4) is 0 Å². The quantitative estimate of drug-likeness (QED) is 0.397. The van der Waals surface area contributed by atoms with Crippen LogP contribution in [0, 0.1) is 0 Å². The molecule has 5 heteroatoms. The molecule has 0 aliphatic heterocycles. The second-order valence-electron chi connectivity index (χ2n) is 7.41. The summed E-state index contributed by atoms with van der Waals surface area (Å²) in [4.78, 5) is 20.8. The molecule has 4 aromatic rings. The van der Waals surface area contributed by atoms with Crippen LogP contribution in [0.25, 0.3) is 22.4 Å². The zero-order valence-corrected chi connectivity index (χ0v) is 16.9. The van der Waals surface area contributed by atoms with E-state index in [1.165, 1.54) is 0 Å². The molecule has 0 fully saturated rings. The number of amides is 1. The Labute approximate surface area is 175 Å². The third-order valence-corrected chi connectivity index (χ3v) is 4.96. The van der Waals surface area contributed by atoms with Crippen LogP contribution in [0.4, 0.5) is 5.69 Å². The molecule has 0 atom stereocenters. The van der Waals surface area contributed by atoms with E-state index in [2.05, 4.69) is 15.3 Å². The molecule has 3 N–H and O–H groups in total. The number of H-pyrrole nitrogens is 1. The number of aromatic amines is 1. The van der Waals surface area contributed by atoms with Gasteiger partial charge in [-0.1, -0.05) is 62.4 Å². The van der Waals surface area contributed by atoms with Crippen molar-refractivity contribution >= 4 is 11.6 Å². The highest BCUT2D eigenvalue weighted by Crippen LogP contribution is 2.39. The van der Waals surface area contributed by atoms with Crippen LogP contribution in [0.15, 0.2) is 79.0 Å². The van der Waals surface area contributed by atoms with Crippen molar-refractivity contribution in [3.8, 4) is 28.3 Å². The Morgan fingerprint density at radius 2 is 1.63 bits per heavy atom. The van der Waals surface area contributed by atoms with Gasteiger partial charge in [-0.25, -0.2) is 4.98 Å². The van der Waals surface area contributed by atoms with Crippen LogP contribution in [-0.4, -0.2) is 21.0 Å². The summed E-state index contributed by atoms with van der Waals surface area (Å²) in [6.45, 7) is 4.10. The third kappa shape index (κ3) is 3.82. The molecule has 150 valence electrons. The second-order valence-corrected chi connectivity index (χ2v) is 7.41. The number of hydrogen-bond donors (Lipinski definition) is 3. The fourth-order valence-corrected chi connectivity index (χ4v) is 3.59. The Kier molecular flexibility index (Phi) is 5.35. The highest BCUT2D eigenvalue weighted by molar-refractivity contribution is 6.12. The predicted molar refractivity (Wildman–Crippen MR) is 120 cm³/mol. The van der Waals surface area contributed by atoms with E-state index in [0.29, 0.717) is 5.56 Å². The lowest BCUT2D eigenvalue weighted by molar-refractivity contribution is 0.102. The van der Waals surface area contributed by atoms with Crippen molar-refractivity contribution in [1.82, 2.24) is 9.97 Å². The molecule has 30 heavy (non-hydrogen) atoms. The van der Waals surface area contributed by atoms with Gasteiger partial charge in [0, 0.05) is 34.8 Å². The summed E-state index contributed by atoms with van der Waals surface area (Å²) in [6, 6.07) is 22.6. The largest absolute Gasteiger partial charge is 0.493 e. The van der Waals surface area contributed by atoms with E-state index >= 15 is 0 Å². The van der Waals surface area contributed by atoms with Crippen molar-refractivity contribution < 1.29 is 9.90 Å². The van der Waals surface area contributed by atoms with Crippen LogP contribution in [-0.2, 0) is 0 Å². The first-order valence-electron chi connectivity index (χ1n) is 9.87. The van der Waals surface area contributed by atoms with Crippen molar-refractivity contribution in [2.24, 2.45) is 0 Å². The average molecular weight is 397 g/mol. The van der Waals surface area contributed by atoms with Gasteiger partial charge in [-0.05, 0) is 29.7 Å². The van der Waals surface area contributed by atoms with Gasteiger partial charge in [0.2, 0.25) is 5.88 Å². The topological polar surface area (TPSA) is 78.0 Å². The lowest BCUT2D eigenvalue weighted by Crippen LogP contribution is -2.14. The molecule has 0 aliphatic carbocycles. The molecular formula is C25H23N3O2. The van der Waals surface area contributed by atoms with Gasteiger partial charge in [-0.3, -0.25) is 4.79 Å². The molecule has 2 aromatic heterocycles. The van der Waals surface area contributed by atoms with Gasteiger partial charge >= 0.3 is 0 Å². The molecule has 0 bridgehead atoms. The zero-order chi connectivity index (χ0) is 21.1. The molecule has 0 saturated carbocycles. The maximum Gasteiger partial charge on any atom is 0.258 e. The van der Waals surface area contributed by atoms with E-state index < -0.39 is 0 Å². The number of carbonyl (C=O) groups is 1. The van der Waals surface area contributed by atoms with E-state index in [-0.39, 0.29) is 17.7 Å². The molecule has 0 aliphatic rings. The normalized spacial score (nSPS) is 10.9. The number of aromatic hydroxyl groups is 1. The Hall–Kier alpha value is -3.86. The minimum absolute atomic E-state index is 0.0671. The van der Waals surface area contributed by atoms with E-state index in [4.69, 9.17) is 0 Å². The first-order valence-corrected chi connectivity index (χ1v) is 9.87. The standard InChI is InChI=1S/C25H23N3O2/c1-16(2)23-22(25(30)27-19-11-7-4-8-12-19)21(17-9-5-3-6-10-17)24(28-23)18-13-14-26-20(29)15-18/h3-16,28H,1-2H3,(H,26,29)(H,27,30). The average Bonchev–Trinajstić information content (AvgIpc) is 3.16. The van der Waals surface area contributed by atoms with E-state index in [1.807, 2.05) is 80.6 Å². The number of carbonyl (C=O) groups excluding carboxylic acids is 1. The van der Waals surface area contributed by atoms with E-state index in [0.717, 1.165) is 33.8 Å². The number of para-hydroxylation sites is 1. The van der Waals surface area contributed by atoms with Gasteiger partial charge in [-0.15, -0.1) is 0 Å². The van der Waals surface area contributed by atoms with E-state index in [9.17, 15) is 9.90 Å². The van der Waals surface area contributed by atoms with Crippen molar-refractivity contribution in [2.45, 2.75) is 19.8 Å². The summed E-state index contributed by atoms with van der Waals surface area (Å²) in [5.41, 5.74) is 5.45. The van der Waals surface area contributed by atoms with Crippen molar-refractivity contribution in [1.29, 1.82) is 0 Å². The van der Waals surface area contributed by atoms with Gasteiger partial charge in [0.25, 0.3) is 5.91 Å². The summed E-state index contributed by atoms with van der Waals surface area (Å²) >= 11 is 0. The minimum Gasteiger partial charge on any atom is -0.493 e. The Balaban J connectivity index is 1.94. The monoisotopic (exact) mass is 397 g/mol. The Morgan fingerprint density at radius 3 is 2.27 bits per heavy atom. The molecule has 2 aromatic carbocycles. The summed E-state index contributed by atoms with van der Waals surface area (Å²) in [5, 5.41) is 12.9. The maximum atomic E-state index is 13.5. The number of hydrogen-bond acceptors (Lipinski definition) is 3. The lowest BCUT2D eigenvalue weighted by atomic mass is 9.94. The molecule has 5 nitrogen and oxygen atoms in total. The Morgan fingerprint density at radius 1 is 0.967 bits per heavy atom. The first kappa shape index (κ1) is 19.5. The van der Waals surface area contributed by atoms with Crippen LogP contribution in [0.5, 0.6) is 5.88 Å². The molecule has 0 saturated heterocycles. The SMILES string of the molecule is CC(C)c1[nH]c(-c2ccnc(O)c2)c(-c2ccccc2)c1C(=O)Nc1ccccc1. The predicted octanol–water partition coefficient (Wildman–Crippen LogP) is 5.83. The summed E-state index contributed by atoms with van der Waals surface area (Å²) in [5.74, 6) is -0.153. The number of nitrogens with one attached hydrogen (secondary N) is 2.